The van der Waals surface area contributed by atoms with Gasteiger partial charge < -0.3 is 0 Å². The molecule has 1 aromatic carbocycles. The van der Waals surface area contributed by atoms with Gasteiger partial charge in [0.1, 0.15) is 6.04 Å². The number of nitrogens with one attached hydrogen (secondary N) is 1. The summed E-state index contributed by atoms with van der Waals surface area (Å²) in [6.07, 6.45) is 0. The van der Waals surface area contributed by atoms with E-state index in [1.165, 1.54) is 21.6 Å². The highest BCUT2D eigenvalue weighted by atomic mass is 32.1. The quantitative estimate of drug-likeness (QED) is 0.910. The maximum Gasteiger partial charge on any atom is 0.122 e. The van der Waals surface area contributed by atoms with Crippen molar-refractivity contribution in [1.29, 1.82) is 5.26 Å². The first kappa shape index (κ1) is 13.8. The second-order valence-electron chi connectivity index (χ2n) is 4.83. The third kappa shape index (κ3) is 3.23. The van der Waals surface area contributed by atoms with Crippen LogP contribution in [0.5, 0.6) is 0 Å². The molecule has 19 heavy (non-hydrogen) atoms. The summed E-state index contributed by atoms with van der Waals surface area (Å²) in [6, 6.07) is 10.5. The van der Waals surface area contributed by atoms with Gasteiger partial charge in [-0.2, -0.15) is 5.26 Å². The van der Waals surface area contributed by atoms with Crippen LogP contribution in [-0.4, -0.2) is 0 Å². The lowest BCUT2D eigenvalue weighted by atomic mass is 9.94. The van der Waals surface area contributed by atoms with E-state index in [4.69, 9.17) is 0 Å². The Kier molecular flexibility index (Phi) is 4.36. The maximum absolute atomic E-state index is 9.42. The molecular weight excluding hydrogens is 252 g/mol. The predicted octanol–water partition coefficient (Wildman–Crippen LogP) is 4.03. The summed E-state index contributed by atoms with van der Waals surface area (Å²) in [6.45, 7) is 6.98. The monoisotopic (exact) mass is 270 g/mol. The average Bonchev–Trinajstić information content (AvgIpc) is 2.85. The Morgan fingerprint density at radius 1 is 1.26 bits per heavy atom. The molecule has 0 aliphatic rings. The van der Waals surface area contributed by atoms with E-state index in [0.29, 0.717) is 0 Å². The first-order valence-corrected chi connectivity index (χ1v) is 7.23. The van der Waals surface area contributed by atoms with Crippen LogP contribution < -0.4 is 5.32 Å². The van der Waals surface area contributed by atoms with E-state index in [9.17, 15) is 5.26 Å². The minimum absolute atomic E-state index is 0.248. The molecule has 0 amide bonds. The molecule has 0 spiro atoms. The van der Waals surface area contributed by atoms with Crippen molar-refractivity contribution in [2.24, 2.45) is 0 Å². The summed E-state index contributed by atoms with van der Waals surface area (Å²) in [4.78, 5) is 1.25. The molecule has 1 atom stereocenters. The minimum Gasteiger partial charge on any atom is -0.293 e. The number of nitrogens with zero attached hydrogens (tertiary/aromatic N) is 1. The highest BCUT2D eigenvalue weighted by Gasteiger charge is 2.15. The topological polar surface area (TPSA) is 35.8 Å². The van der Waals surface area contributed by atoms with Gasteiger partial charge in [0.2, 0.25) is 0 Å². The SMILES string of the molecule is Cc1cc(C)c(C(C#N)NCc2cccs2)c(C)c1. The molecule has 0 saturated carbocycles. The standard InChI is InChI=1S/C16H18N2S/c1-11-7-12(2)16(13(3)8-11)15(9-17)18-10-14-5-4-6-19-14/h4-8,15,18H,10H2,1-3H3. The van der Waals surface area contributed by atoms with E-state index in [2.05, 4.69) is 55.7 Å². The van der Waals surface area contributed by atoms with Crippen molar-refractivity contribution in [2.75, 3.05) is 0 Å². The smallest absolute Gasteiger partial charge is 0.122 e. The van der Waals surface area contributed by atoms with Crippen molar-refractivity contribution in [3.05, 3.63) is 56.8 Å². The molecule has 0 bridgehead atoms. The van der Waals surface area contributed by atoms with Gasteiger partial charge in [-0.15, -0.1) is 11.3 Å². The van der Waals surface area contributed by atoms with Crippen molar-refractivity contribution >= 4 is 11.3 Å². The Morgan fingerprint density at radius 2 is 1.95 bits per heavy atom. The van der Waals surface area contributed by atoms with Crippen molar-refractivity contribution in [3.63, 3.8) is 0 Å². The first-order chi connectivity index (χ1) is 9.11. The van der Waals surface area contributed by atoms with Crippen LogP contribution in [-0.2, 0) is 6.54 Å². The van der Waals surface area contributed by atoms with E-state index in [1.54, 1.807) is 11.3 Å². The van der Waals surface area contributed by atoms with Crippen molar-refractivity contribution in [1.82, 2.24) is 5.32 Å². The van der Waals surface area contributed by atoms with E-state index in [-0.39, 0.29) is 6.04 Å². The maximum atomic E-state index is 9.42. The summed E-state index contributed by atoms with van der Waals surface area (Å²) in [5.74, 6) is 0. The third-order valence-corrected chi connectivity index (χ3v) is 4.09. The molecule has 3 heteroatoms. The molecule has 98 valence electrons. The van der Waals surface area contributed by atoms with E-state index in [1.807, 2.05) is 6.07 Å². The summed E-state index contributed by atoms with van der Waals surface area (Å²) in [7, 11) is 0. The molecular formula is C16H18N2S. The van der Waals surface area contributed by atoms with Gasteiger partial charge in [-0.25, -0.2) is 0 Å². The Bertz CT molecular complexity index is 571. The van der Waals surface area contributed by atoms with Crippen molar-refractivity contribution in [3.8, 4) is 6.07 Å². The molecule has 1 N–H and O–H groups in total. The third-order valence-electron chi connectivity index (χ3n) is 3.22. The molecule has 2 nitrogen and oxygen atoms in total. The number of hydrogen-bond donors (Lipinski definition) is 1. The first-order valence-electron chi connectivity index (χ1n) is 6.35. The zero-order valence-corrected chi connectivity index (χ0v) is 12.3. The molecule has 1 aromatic heterocycles. The molecule has 2 rings (SSSR count). The lowest BCUT2D eigenvalue weighted by Gasteiger charge is -2.17. The van der Waals surface area contributed by atoms with Gasteiger partial charge in [0.25, 0.3) is 0 Å². The van der Waals surface area contributed by atoms with Gasteiger partial charge in [0.05, 0.1) is 6.07 Å². The zero-order chi connectivity index (χ0) is 13.8. The Balaban J connectivity index is 2.20. The normalized spacial score (nSPS) is 12.1. The summed E-state index contributed by atoms with van der Waals surface area (Å²) < 4.78 is 0. The summed E-state index contributed by atoms with van der Waals surface area (Å²) in [5.41, 5.74) is 4.73. The number of nitriles is 1. The summed E-state index contributed by atoms with van der Waals surface area (Å²) in [5, 5.41) is 14.8. The molecule has 1 heterocycles. The molecule has 0 aliphatic carbocycles. The number of aryl methyl sites for hydroxylation is 3. The van der Waals surface area contributed by atoms with Crippen LogP contribution in [0.4, 0.5) is 0 Å². The fraction of sp³-hybridized carbons (Fsp3) is 0.312. The van der Waals surface area contributed by atoms with Gasteiger partial charge in [-0.05, 0) is 48.9 Å². The molecule has 2 aromatic rings. The number of rotatable bonds is 4. The van der Waals surface area contributed by atoms with Crippen LogP contribution in [0.15, 0.2) is 29.6 Å². The lowest BCUT2D eigenvalue weighted by molar-refractivity contribution is 0.630. The van der Waals surface area contributed by atoms with Crippen LogP contribution in [0, 0.1) is 32.1 Å². The highest BCUT2D eigenvalue weighted by molar-refractivity contribution is 7.09. The van der Waals surface area contributed by atoms with E-state index < -0.39 is 0 Å². The fourth-order valence-electron chi connectivity index (χ4n) is 2.47. The second-order valence-corrected chi connectivity index (χ2v) is 5.87. The van der Waals surface area contributed by atoms with Crippen molar-refractivity contribution < 1.29 is 0 Å². The van der Waals surface area contributed by atoms with Crippen LogP contribution >= 0.6 is 11.3 Å². The number of hydrogen-bond acceptors (Lipinski definition) is 3. The zero-order valence-electron chi connectivity index (χ0n) is 11.5. The molecule has 0 radical (unpaired) electrons. The Hall–Kier alpha value is -1.63. The van der Waals surface area contributed by atoms with Crippen LogP contribution in [0.2, 0.25) is 0 Å². The van der Waals surface area contributed by atoms with Crippen LogP contribution in [0.3, 0.4) is 0 Å². The summed E-state index contributed by atoms with van der Waals surface area (Å²) >= 11 is 1.71. The van der Waals surface area contributed by atoms with Gasteiger partial charge in [0.15, 0.2) is 0 Å². The molecule has 1 unspecified atom stereocenters. The fourth-order valence-corrected chi connectivity index (χ4v) is 3.13. The molecule has 0 saturated heterocycles. The number of thiophene rings is 1. The highest BCUT2D eigenvalue weighted by Crippen LogP contribution is 2.24. The Morgan fingerprint density at radius 3 is 2.47 bits per heavy atom. The van der Waals surface area contributed by atoms with E-state index in [0.717, 1.165) is 12.1 Å². The van der Waals surface area contributed by atoms with Gasteiger partial charge in [-0.3, -0.25) is 5.32 Å². The van der Waals surface area contributed by atoms with Crippen LogP contribution in [0.1, 0.15) is 33.2 Å². The second kappa shape index (κ2) is 6.01. The van der Waals surface area contributed by atoms with Gasteiger partial charge in [-0.1, -0.05) is 23.8 Å². The lowest BCUT2D eigenvalue weighted by Crippen LogP contribution is -2.20. The van der Waals surface area contributed by atoms with Crippen molar-refractivity contribution in [2.45, 2.75) is 33.4 Å². The molecule has 0 aliphatic heterocycles. The van der Waals surface area contributed by atoms with E-state index >= 15 is 0 Å². The van der Waals surface area contributed by atoms with Gasteiger partial charge in [0, 0.05) is 11.4 Å². The van der Waals surface area contributed by atoms with Gasteiger partial charge >= 0.3 is 0 Å². The average molecular weight is 270 g/mol. The number of benzene rings is 1. The molecule has 0 fully saturated rings. The predicted molar refractivity (Wildman–Crippen MR) is 80.2 cm³/mol. The minimum atomic E-state index is -0.248. The largest absolute Gasteiger partial charge is 0.293 e. The van der Waals surface area contributed by atoms with Crippen LogP contribution in [0.25, 0.3) is 0 Å². The Labute approximate surface area is 118 Å².